The lowest BCUT2D eigenvalue weighted by molar-refractivity contribution is -0.149. The summed E-state index contributed by atoms with van der Waals surface area (Å²) in [6, 6.07) is 13.5. The van der Waals surface area contributed by atoms with Crippen molar-refractivity contribution >= 4 is 29.2 Å². The van der Waals surface area contributed by atoms with Gasteiger partial charge in [-0.25, -0.2) is 4.79 Å². The average molecular weight is 350 g/mol. The molecule has 2 aromatic rings. The van der Waals surface area contributed by atoms with Crippen molar-refractivity contribution in [2.45, 2.75) is 0 Å². The molecule has 6 nitrogen and oxygen atoms in total. The highest BCUT2D eigenvalue weighted by molar-refractivity contribution is 6.30. The van der Waals surface area contributed by atoms with Crippen molar-refractivity contribution in [1.82, 2.24) is 0 Å². The fourth-order valence-electron chi connectivity index (χ4n) is 1.79. The Hall–Kier alpha value is -2.73. The van der Waals surface area contributed by atoms with E-state index in [0.29, 0.717) is 22.2 Å². The van der Waals surface area contributed by atoms with Gasteiger partial charge in [-0.1, -0.05) is 23.7 Å². The lowest BCUT2D eigenvalue weighted by atomic mass is 10.3. The van der Waals surface area contributed by atoms with Gasteiger partial charge in [-0.15, -0.1) is 0 Å². The summed E-state index contributed by atoms with van der Waals surface area (Å²) in [6.45, 7) is -0.731. The second kappa shape index (κ2) is 8.79. The molecule has 0 aliphatic heterocycles. The maximum absolute atomic E-state index is 11.7. The van der Waals surface area contributed by atoms with Crippen LogP contribution in [-0.4, -0.2) is 32.2 Å². The van der Waals surface area contributed by atoms with Gasteiger partial charge in [0.15, 0.2) is 24.7 Å². The number of nitrogens with one attached hydrogen (secondary N) is 1. The Labute approximate surface area is 144 Å². The van der Waals surface area contributed by atoms with Gasteiger partial charge < -0.3 is 19.5 Å². The Bertz CT molecular complexity index is 702. The lowest BCUT2D eigenvalue weighted by Gasteiger charge is -2.10. The van der Waals surface area contributed by atoms with Crippen LogP contribution in [0.1, 0.15) is 0 Å². The zero-order chi connectivity index (χ0) is 17.4. The summed E-state index contributed by atoms with van der Waals surface area (Å²) in [6.07, 6.45) is 0. The number of amides is 1. The fraction of sp³-hybridized carbons (Fsp3) is 0.176. The van der Waals surface area contributed by atoms with Gasteiger partial charge in [0, 0.05) is 10.7 Å². The highest BCUT2D eigenvalue weighted by Gasteiger charge is 2.10. The van der Waals surface area contributed by atoms with Crippen molar-refractivity contribution in [3.05, 3.63) is 53.6 Å². The number of para-hydroxylation sites is 2. The Morgan fingerprint density at radius 2 is 1.67 bits per heavy atom. The molecule has 0 aliphatic rings. The van der Waals surface area contributed by atoms with Crippen LogP contribution in [0, 0.1) is 0 Å². The summed E-state index contributed by atoms with van der Waals surface area (Å²) in [4.78, 5) is 23.3. The minimum absolute atomic E-state index is 0.325. The smallest absolute Gasteiger partial charge is 0.344 e. The van der Waals surface area contributed by atoms with Gasteiger partial charge in [0.2, 0.25) is 0 Å². The van der Waals surface area contributed by atoms with E-state index in [4.69, 9.17) is 25.8 Å². The first-order valence-electron chi connectivity index (χ1n) is 7.05. The van der Waals surface area contributed by atoms with Gasteiger partial charge in [0.1, 0.15) is 0 Å². The summed E-state index contributed by atoms with van der Waals surface area (Å²) in [5, 5.41) is 3.14. The predicted octanol–water partition coefficient (Wildman–Crippen LogP) is 2.91. The number of anilines is 1. The molecule has 0 saturated heterocycles. The largest absolute Gasteiger partial charge is 0.493 e. The van der Waals surface area contributed by atoms with E-state index in [0.717, 1.165) is 0 Å². The third-order valence-electron chi connectivity index (χ3n) is 2.91. The minimum atomic E-state index is -0.660. The molecule has 0 fully saturated rings. The predicted molar refractivity (Wildman–Crippen MR) is 89.5 cm³/mol. The summed E-state index contributed by atoms with van der Waals surface area (Å²) in [5.74, 6) is -0.191. The number of methoxy groups -OCH3 is 1. The molecule has 1 N–H and O–H groups in total. The normalized spacial score (nSPS) is 9.92. The molecule has 0 atom stereocenters. The molecule has 7 heteroatoms. The second-order valence-corrected chi connectivity index (χ2v) is 5.09. The van der Waals surface area contributed by atoms with Crippen LogP contribution in [0.5, 0.6) is 11.5 Å². The average Bonchev–Trinajstić information content (AvgIpc) is 2.60. The number of benzene rings is 2. The van der Waals surface area contributed by atoms with Crippen LogP contribution in [0.2, 0.25) is 5.02 Å². The van der Waals surface area contributed by atoms with E-state index in [1.807, 2.05) is 0 Å². The number of ether oxygens (including phenoxy) is 3. The first kappa shape index (κ1) is 17.6. The van der Waals surface area contributed by atoms with Gasteiger partial charge >= 0.3 is 5.97 Å². The third kappa shape index (κ3) is 5.48. The van der Waals surface area contributed by atoms with Crippen molar-refractivity contribution in [1.29, 1.82) is 0 Å². The van der Waals surface area contributed by atoms with Gasteiger partial charge in [-0.2, -0.15) is 0 Å². The van der Waals surface area contributed by atoms with Crippen molar-refractivity contribution < 1.29 is 23.8 Å². The molecule has 1 amide bonds. The minimum Gasteiger partial charge on any atom is -0.493 e. The zero-order valence-electron chi connectivity index (χ0n) is 13.0. The number of carbonyl (C=O) groups excluding carboxylic acids is 2. The Balaban J connectivity index is 1.74. The van der Waals surface area contributed by atoms with Crippen LogP contribution in [0.4, 0.5) is 5.69 Å². The van der Waals surface area contributed by atoms with Crippen molar-refractivity contribution in [3.63, 3.8) is 0 Å². The fourth-order valence-corrected chi connectivity index (χ4v) is 1.92. The molecule has 0 unspecified atom stereocenters. The molecular weight excluding hydrogens is 334 g/mol. The summed E-state index contributed by atoms with van der Waals surface area (Å²) < 4.78 is 15.3. The van der Waals surface area contributed by atoms with Gasteiger partial charge in [0.25, 0.3) is 5.91 Å². The second-order valence-electron chi connectivity index (χ2n) is 4.66. The van der Waals surface area contributed by atoms with Crippen LogP contribution in [0.15, 0.2) is 48.5 Å². The molecule has 0 saturated carbocycles. The maximum atomic E-state index is 11.7. The molecule has 0 radical (unpaired) electrons. The number of esters is 1. The van der Waals surface area contributed by atoms with Crippen LogP contribution in [0.3, 0.4) is 0 Å². The van der Waals surface area contributed by atoms with Crippen molar-refractivity contribution in [2.24, 2.45) is 0 Å². The van der Waals surface area contributed by atoms with Gasteiger partial charge in [-0.3, -0.25) is 4.79 Å². The Morgan fingerprint density at radius 1 is 1.00 bits per heavy atom. The summed E-state index contributed by atoms with van der Waals surface area (Å²) in [5.41, 5.74) is 0.561. The summed E-state index contributed by atoms with van der Waals surface area (Å²) in [7, 11) is 1.50. The van der Waals surface area contributed by atoms with E-state index in [1.54, 1.807) is 48.5 Å². The van der Waals surface area contributed by atoms with E-state index >= 15 is 0 Å². The maximum Gasteiger partial charge on any atom is 0.344 e. The lowest BCUT2D eigenvalue weighted by Crippen LogP contribution is -2.23. The molecule has 0 aliphatic carbocycles. The van der Waals surface area contributed by atoms with E-state index in [2.05, 4.69) is 5.32 Å². The molecule has 24 heavy (non-hydrogen) atoms. The number of carbonyl (C=O) groups is 2. The van der Waals surface area contributed by atoms with Gasteiger partial charge in [0.05, 0.1) is 7.11 Å². The SMILES string of the molecule is COc1ccccc1OCC(=O)OCC(=O)Nc1ccc(Cl)cc1. The first-order valence-corrected chi connectivity index (χ1v) is 7.43. The Kier molecular flexibility index (Phi) is 6.45. The van der Waals surface area contributed by atoms with Crippen LogP contribution in [0.25, 0.3) is 0 Å². The third-order valence-corrected chi connectivity index (χ3v) is 3.16. The molecular formula is C17H16ClNO5. The molecule has 0 aromatic heterocycles. The standard InChI is InChI=1S/C17H16ClNO5/c1-22-14-4-2-3-5-15(14)23-11-17(21)24-10-16(20)19-13-8-6-12(18)7-9-13/h2-9H,10-11H2,1H3,(H,19,20). The number of rotatable bonds is 7. The number of hydrogen-bond acceptors (Lipinski definition) is 5. The highest BCUT2D eigenvalue weighted by atomic mass is 35.5. The molecule has 2 rings (SSSR count). The van der Waals surface area contributed by atoms with Crippen LogP contribution < -0.4 is 14.8 Å². The monoisotopic (exact) mass is 349 g/mol. The van der Waals surface area contributed by atoms with E-state index in [9.17, 15) is 9.59 Å². The first-order chi connectivity index (χ1) is 11.6. The molecule has 126 valence electrons. The quantitative estimate of drug-likeness (QED) is 0.778. The van der Waals surface area contributed by atoms with Crippen LogP contribution >= 0.6 is 11.6 Å². The van der Waals surface area contributed by atoms with E-state index in [1.165, 1.54) is 7.11 Å². The molecule has 0 bridgehead atoms. The zero-order valence-corrected chi connectivity index (χ0v) is 13.7. The highest BCUT2D eigenvalue weighted by Crippen LogP contribution is 2.25. The van der Waals surface area contributed by atoms with E-state index < -0.39 is 18.5 Å². The topological polar surface area (TPSA) is 73.9 Å². The Morgan fingerprint density at radius 3 is 2.33 bits per heavy atom. The summed E-state index contributed by atoms with van der Waals surface area (Å²) >= 11 is 5.75. The molecule has 2 aromatic carbocycles. The number of halogens is 1. The van der Waals surface area contributed by atoms with Crippen molar-refractivity contribution in [2.75, 3.05) is 25.6 Å². The van der Waals surface area contributed by atoms with Crippen LogP contribution in [-0.2, 0) is 14.3 Å². The van der Waals surface area contributed by atoms with Gasteiger partial charge in [-0.05, 0) is 36.4 Å². The van der Waals surface area contributed by atoms with E-state index in [-0.39, 0.29) is 6.61 Å². The molecule has 0 heterocycles. The van der Waals surface area contributed by atoms with Crippen molar-refractivity contribution in [3.8, 4) is 11.5 Å². The number of hydrogen-bond donors (Lipinski definition) is 1. The molecule has 0 spiro atoms.